The molecule has 0 atom stereocenters. The summed E-state index contributed by atoms with van der Waals surface area (Å²) >= 11 is 6.19. The van der Waals surface area contributed by atoms with Gasteiger partial charge in [-0.3, -0.25) is 0 Å². The van der Waals surface area contributed by atoms with Gasteiger partial charge in [-0.25, -0.2) is 9.97 Å². The van der Waals surface area contributed by atoms with E-state index in [-0.39, 0.29) is 0 Å². The quantitative estimate of drug-likeness (QED) is 0.602. The molecule has 0 aliphatic carbocycles. The molecule has 5 nitrogen and oxygen atoms in total. The molecular formula is C19H20ClN5. The molecule has 0 fully saturated rings. The second-order valence-corrected chi connectivity index (χ2v) is 5.97. The summed E-state index contributed by atoms with van der Waals surface area (Å²) < 4.78 is 0. The van der Waals surface area contributed by atoms with Gasteiger partial charge in [0.15, 0.2) is 11.6 Å². The van der Waals surface area contributed by atoms with E-state index in [9.17, 15) is 0 Å². The van der Waals surface area contributed by atoms with E-state index in [1.807, 2.05) is 42.5 Å². The van der Waals surface area contributed by atoms with Crippen LogP contribution in [0.4, 0.5) is 23.0 Å². The van der Waals surface area contributed by atoms with Crippen molar-refractivity contribution in [3.8, 4) is 0 Å². The molecule has 0 spiro atoms. The van der Waals surface area contributed by atoms with Crippen molar-refractivity contribution in [3.05, 3.63) is 71.0 Å². The summed E-state index contributed by atoms with van der Waals surface area (Å²) in [6, 6.07) is 15.8. The molecule has 0 radical (unpaired) electrons. The Balaban J connectivity index is 1.79. The lowest BCUT2D eigenvalue weighted by Gasteiger charge is -2.14. The molecule has 1 heterocycles. The lowest BCUT2D eigenvalue weighted by atomic mass is 10.1. The Morgan fingerprint density at radius 1 is 0.960 bits per heavy atom. The van der Waals surface area contributed by atoms with E-state index in [0.717, 1.165) is 17.7 Å². The molecule has 3 rings (SSSR count). The fourth-order valence-electron chi connectivity index (χ4n) is 2.53. The summed E-state index contributed by atoms with van der Waals surface area (Å²) in [6.45, 7) is 2.65. The summed E-state index contributed by atoms with van der Waals surface area (Å²) in [5, 5.41) is 7.23. The van der Waals surface area contributed by atoms with Gasteiger partial charge in [0.1, 0.15) is 12.0 Å². The summed E-state index contributed by atoms with van der Waals surface area (Å²) in [6.07, 6.45) is 2.41. The average Bonchev–Trinajstić information content (AvgIpc) is 2.64. The predicted molar refractivity (Wildman–Crippen MR) is 104 cm³/mol. The minimum absolute atomic E-state index is 0.473. The third-order valence-electron chi connectivity index (χ3n) is 3.94. The second kappa shape index (κ2) is 7.85. The first-order valence-corrected chi connectivity index (χ1v) is 8.49. The van der Waals surface area contributed by atoms with Crippen LogP contribution in [0.2, 0.25) is 5.02 Å². The van der Waals surface area contributed by atoms with Crippen molar-refractivity contribution in [1.29, 1.82) is 0 Å². The van der Waals surface area contributed by atoms with Gasteiger partial charge in [0.2, 0.25) is 0 Å². The molecule has 0 unspecified atom stereocenters. The minimum Gasteiger partial charge on any atom is -0.393 e. The first kappa shape index (κ1) is 17.0. The molecule has 0 bridgehead atoms. The molecule has 3 aromatic rings. The van der Waals surface area contributed by atoms with Crippen LogP contribution >= 0.6 is 11.6 Å². The van der Waals surface area contributed by atoms with Crippen molar-refractivity contribution in [2.45, 2.75) is 19.9 Å². The summed E-state index contributed by atoms with van der Waals surface area (Å²) in [7, 11) is 0. The van der Waals surface area contributed by atoms with Crippen LogP contribution in [-0.2, 0) is 13.0 Å². The summed E-state index contributed by atoms with van der Waals surface area (Å²) in [5.41, 5.74) is 9.89. The van der Waals surface area contributed by atoms with Crippen molar-refractivity contribution in [2.24, 2.45) is 0 Å². The average molecular weight is 354 g/mol. The van der Waals surface area contributed by atoms with Crippen molar-refractivity contribution < 1.29 is 0 Å². The molecule has 0 saturated heterocycles. The van der Waals surface area contributed by atoms with Gasteiger partial charge in [0, 0.05) is 17.3 Å². The highest BCUT2D eigenvalue weighted by Gasteiger charge is 2.10. The van der Waals surface area contributed by atoms with Crippen molar-refractivity contribution in [1.82, 2.24) is 9.97 Å². The molecule has 2 aromatic carbocycles. The number of nitrogens with one attached hydrogen (secondary N) is 2. The number of benzene rings is 2. The number of hydrogen-bond acceptors (Lipinski definition) is 5. The number of rotatable bonds is 6. The smallest absolute Gasteiger partial charge is 0.159 e. The normalized spacial score (nSPS) is 10.5. The standard InChI is InChI=1S/C19H20ClN5/c1-2-13-7-4-6-10-16(13)25-19-17(21)18(23-12-24-19)22-11-14-8-3-5-9-15(14)20/h3-10,12H,2,11,21H2,1H3,(H2,22,23,24,25). The third-order valence-corrected chi connectivity index (χ3v) is 4.31. The predicted octanol–water partition coefficient (Wildman–Crippen LogP) is 4.63. The van der Waals surface area contributed by atoms with Gasteiger partial charge in [-0.1, -0.05) is 54.9 Å². The molecule has 0 saturated carbocycles. The Bertz CT molecular complexity index is 866. The minimum atomic E-state index is 0.473. The summed E-state index contributed by atoms with van der Waals surface area (Å²) in [4.78, 5) is 8.51. The lowest BCUT2D eigenvalue weighted by molar-refractivity contribution is 1.08. The molecule has 0 amide bonds. The third kappa shape index (κ3) is 4.00. The Hall–Kier alpha value is -2.79. The first-order chi connectivity index (χ1) is 12.2. The van der Waals surface area contributed by atoms with E-state index in [2.05, 4.69) is 33.6 Å². The van der Waals surface area contributed by atoms with Crippen LogP contribution in [0.3, 0.4) is 0 Å². The van der Waals surface area contributed by atoms with Crippen LogP contribution < -0.4 is 16.4 Å². The van der Waals surface area contributed by atoms with E-state index in [0.29, 0.717) is 28.9 Å². The second-order valence-electron chi connectivity index (χ2n) is 5.57. The molecule has 0 aliphatic heterocycles. The molecule has 4 N–H and O–H groups in total. The number of aryl methyl sites for hydroxylation is 1. The maximum Gasteiger partial charge on any atom is 0.159 e. The zero-order chi connectivity index (χ0) is 17.6. The monoisotopic (exact) mass is 353 g/mol. The number of aromatic nitrogens is 2. The highest BCUT2D eigenvalue weighted by atomic mass is 35.5. The first-order valence-electron chi connectivity index (χ1n) is 8.11. The number of hydrogen-bond donors (Lipinski definition) is 3. The molecule has 25 heavy (non-hydrogen) atoms. The number of anilines is 4. The van der Waals surface area contributed by atoms with Gasteiger partial charge >= 0.3 is 0 Å². The van der Waals surface area contributed by atoms with Gasteiger partial charge in [-0.05, 0) is 29.7 Å². The Morgan fingerprint density at radius 3 is 2.40 bits per heavy atom. The molecule has 0 aliphatic rings. The molecule has 1 aromatic heterocycles. The van der Waals surface area contributed by atoms with Crippen molar-refractivity contribution in [3.63, 3.8) is 0 Å². The van der Waals surface area contributed by atoms with E-state index < -0.39 is 0 Å². The molecular weight excluding hydrogens is 334 g/mol. The molecule has 128 valence electrons. The van der Waals surface area contributed by atoms with Crippen LogP contribution in [0.5, 0.6) is 0 Å². The maximum atomic E-state index is 6.24. The van der Waals surface area contributed by atoms with Gasteiger partial charge in [-0.2, -0.15) is 0 Å². The van der Waals surface area contributed by atoms with E-state index in [1.165, 1.54) is 11.9 Å². The number of halogens is 1. The Morgan fingerprint density at radius 2 is 1.64 bits per heavy atom. The van der Waals surface area contributed by atoms with Gasteiger partial charge in [0.05, 0.1) is 0 Å². The largest absolute Gasteiger partial charge is 0.393 e. The number of nitrogen functional groups attached to an aromatic ring is 1. The number of nitrogens with two attached hydrogens (primary N) is 1. The topological polar surface area (TPSA) is 75.9 Å². The number of nitrogens with zero attached hydrogens (tertiary/aromatic N) is 2. The summed E-state index contributed by atoms with van der Waals surface area (Å²) in [5.74, 6) is 1.16. The van der Waals surface area contributed by atoms with Gasteiger partial charge in [0.25, 0.3) is 0 Å². The Kier molecular flexibility index (Phi) is 5.36. The molecule has 6 heteroatoms. The van der Waals surface area contributed by atoms with Crippen LogP contribution in [0, 0.1) is 0 Å². The van der Waals surface area contributed by atoms with Gasteiger partial charge in [-0.15, -0.1) is 0 Å². The SMILES string of the molecule is CCc1ccccc1Nc1ncnc(NCc2ccccc2Cl)c1N. The van der Waals surface area contributed by atoms with E-state index in [4.69, 9.17) is 17.3 Å². The highest BCUT2D eigenvalue weighted by Crippen LogP contribution is 2.28. The fourth-order valence-corrected chi connectivity index (χ4v) is 2.74. The van der Waals surface area contributed by atoms with E-state index in [1.54, 1.807) is 0 Å². The van der Waals surface area contributed by atoms with Crippen molar-refractivity contribution >= 4 is 34.6 Å². The van der Waals surface area contributed by atoms with Crippen LogP contribution in [0.15, 0.2) is 54.9 Å². The van der Waals surface area contributed by atoms with Gasteiger partial charge < -0.3 is 16.4 Å². The zero-order valence-corrected chi connectivity index (χ0v) is 14.7. The highest BCUT2D eigenvalue weighted by molar-refractivity contribution is 6.31. The lowest BCUT2D eigenvalue weighted by Crippen LogP contribution is -2.08. The fraction of sp³-hybridized carbons (Fsp3) is 0.158. The van der Waals surface area contributed by atoms with Crippen LogP contribution in [0.25, 0.3) is 0 Å². The Labute approximate surface area is 152 Å². The van der Waals surface area contributed by atoms with Crippen LogP contribution in [-0.4, -0.2) is 9.97 Å². The van der Waals surface area contributed by atoms with Crippen LogP contribution in [0.1, 0.15) is 18.1 Å². The zero-order valence-electron chi connectivity index (χ0n) is 14.0. The maximum absolute atomic E-state index is 6.24. The van der Waals surface area contributed by atoms with Crippen molar-refractivity contribution in [2.75, 3.05) is 16.4 Å². The van der Waals surface area contributed by atoms with E-state index >= 15 is 0 Å². The number of para-hydroxylation sites is 1.